The van der Waals surface area contributed by atoms with Crippen LogP contribution >= 0.6 is 27.7 Å². The van der Waals surface area contributed by atoms with Crippen LogP contribution in [0.3, 0.4) is 0 Å². The van der Waals surface area contributed by atoms with E-state index in [1.165, 1.54) is 16.7 Å². The van der Waals surface area contributed by atoms with E-state index in [-0.39, 0.29) is 29.6 Å². The summed E-state index contributed by atoms with van der Waals surface area (Å²) in [6, 6.07) is 3.73. The lowest BCUT2D eigenvalue weighted by Crippen LogP contribution is -2.43. The fourth-order valence-electron chi connectivity index (χ4n) is 5.79. The van der Waals surface area contributed by atoms with E-state index in [0.717, 1.165) is 28.6 Å². The fourth-order valence-corrected chi connectivity index (χ4v) is 6.65. The van der Waals surface area contributed by atoms with Crippen LogP contribution in [0.15, 0.2) is 21.6 Å². The van der Waals surface area contributed by atoms with Crippen molar-refractivity contribution >= 4 is 61.7 Å². The highest BCUT2D eigenvalue weighted by molar-refractivity contribution is 9.10. The molecular weight excluding hydrogens is 527 g/mol. The molecule has 3 aliphatic heterocycles. The molecule has 1 aliphatic carbocycles. The topological polar surface area (TPSA) is 87.9 Å². The van der Waals surface area contributed by atoms with Crippen molar-refractivity contribution in [2.45, 2.75) is 37.0 Å². The second kappa shape index (κ2) is 7.74. The number of rotatable bonds is 4. The Kier molecular flexibility index (Phi) is 5.00. The van der Waals surface area contributed by atoms with Gasteiger partial charge in [-0.1, -0.05) is 0 Å². The molecule has 34 heavy (non-hydrogen) atoms. The largest absolute Gasteiger partial charge is 0.465 e. The summed E-state index contributed by atoms with van der Waals surface area (Å²) in [5.41, 5.74) is 2.76. The third-order valence-electron chi connectivity index (χ3n) is 7.37. The first-order chi connectivity index (χ1) is 16.3. The second-order valence-electron chi connectivity index (χ2n) is 9.13. The summed E-state index contributed by atoms with van der Waals surface area (Å²) in [6.45, 7) is 3.50. The van der Waals surface area contributed by atoms with Crippen molar-refractivity contribution in [3.63, 3.8) is 0 Å². The molecule has 3 atom stereocenters. The van der Waals surface area contributed by atoms with Gasteiger partial charge in [0.25, 0.3) is 0 Å². The Morgan fingerprint density at radius 3 is 2.82 bits per heavy atom. The number of aromatic nitrogens is 2. The van der Waals surface area contributed by atoms with E-state index in [9.17, 15) is 14.7 Å². The fraction of sp³-hybridized carbons (Fsp3) is 0.435. The van der Waals surface area contributed by atoms with Gasteiger partial charge >= 0.3 is 12.2 Å². The minimum atomic E-state index is -0.918. The van der Waals surface area contributed by atoms with E-state index < -0.39 is 11.9 Å². The number of cyclic esters (lactones) is 1. The van der Waals surface area contributed by atoms with Crippen molar-refractivity contribution in [3.8, 4) is 0 Å². The van der Waals surface area contributed by atoms with Crippen molar-refractivity contribution in [3.05, 3.63) is 33.7 Å². The van der Waals surface area contributed by atoms with E-state index in [1.807, 2.05) is 25.3 Å². The molecule has 7 rings (SSSR count). The van der Waals surface area contributed by atoms with Gasteiger partial charge in [-0.25, -0.2) is 19.0 Å². The molecule has 2 bridgehead atoms. The number of amides is 2. The van der Waals surface area contributed by atoms with Gasteiger partial charge in [0.1, 0.15) is 17.1 Å². The van der Waals surface area contributed by atoms with Crippen molar-refractivity contribution in [1.82, 2.24) is 19.4 Å². The van der Waals surface area contributed by atoms with E-state index in [1.54, 1.807) is 4.90 Å². The Labute approximate surface area is 207 Å². The lowest BCUT2D eigenvalue weighted by Gasteiger charge is -2.39. The number of thioether (sulfide) groups is 1. The van der Waals surface area contributed by atoms with Gasteiger partial charge in [-0.2, -0.15) is 0 Å². The molecule has 3 saturated heterocycles. The third-order valence-corrected chi connectivity index (χ3v) is 9.04. The maximum absolute atomic E-state index is 15.4. The van der Waals surface area contributed by atoms with Gasteiger partial charge in [0.2, 0.25) is 0 Å². The Balaban J connectivity index is 1.64. The molecule has 5 heterocycles. The summed E-state index contributed by atoms with van der Waals surface area (Å²) < 4.78 is 23.1. The van der Waals surface area contributed by atoms with Crippen LogP contribution in [0.4, 0.5) is 14.0 Å². The number of hydrogen-bond acceptors (Lipinski definition) is 5. The first-order valence-corrected chi connectivity index (χ1v) is 13.1. The monoisotopic (exact) mass is 548 g/mol. The Bertz CT molecular complexity index is 1400. The van der Waals surface area contributed by atoms with Crippen molar-refractivity contribution in [1.29, 1.82) is 0 Å². The molecule has 178 valence electrons. The molecule has 0 spiro atoms. The zero-order valence-electron chi connectivity index (χ0n) is 18.5. The normalized spacial score (nSPS) is 23.8. The molecule has 0 radical (unpaired) electrons. The lowest BCUT2D eigenvalue weighted by molar-refractivity contribution is 0.123. The number of carbonyl (C=O) groups is 2. The van der Waals surface area contributed by atoms with Gasteiger partial charge in [0.15, 0.2) is 5.82 Å². The average Bonchev–Trinajstić information content (AvgIpc) is 3.56. The number of ether oxygens (including phenoxy) is 1. The number of nitrogens with zero attached hydrogens (tertiary/aromatic N) is 4. The molecule has 4 fully saturated rings. The first-order valence-electron chi connectivity index (χ1n) is 11.1. The van der Waals surface area contributed by atoms with Gasteiger partial charge in [0, 0.05) is 28.9 Å². The van der Waals surface area contributed by atoms with Crippen LogP contribution in [0.25, 0.3) is 21.8 Å². The highest BCUT2D eigenvalue weighted by Gasteiger charge is 2.55. The molecule has 1 aromatic carbocycles. The Morgan fingerprint density at radius 1 is 1.38 bits per heavy atom. The van der Waals surface area contributed by atoms with Crippen LogP contribution in [0.2, 0.25) is 0 Å². The van der Waals surface area contributed by atoms with E-state index in [4.69, 9.17) is 4.74 Å². The second-order valence-corrected chi connectivity index (χ2v) is 10.7. The third kappa shape index (κ3) is 2.98. The Hall–Kier alpha value is -2.53. The maximum atomic E-state index is 15.4. The molecule has 4 aliphatic rings. The smallest absolute Gasteiger partial charge is 0.410 e. The quantitative estimate of drug-likeness (QED) is 0.462. The number of carboxylic acid groups (broad SMARTS) is 1. The number of fused-ring (bicyclic) bond motifs is 4. The molecular formula is C23H22BrFN4O4S. The summed E-state index contributed by atoms with van der Waals surface area (Å²) in [5, 5.41) is 12.0. The summed E-state index contributed by atoms with van der Waals surface area (Å²) in [4.78, 5) is 31.9. The minimum Gasteiger partial charge on any atom is -0.465 e. The van der Waals surface area contributed by atoms with Gasteiger partial charge < -0.3 is 19.3 Å². The van der Waals surface area contributed by atoms with E-state index in [0.29, 0.717) is 41.1 Å². The van der Waals surface area contributed by atoms with Crippen LogP contribution in [-0.4, -0.2) is 68.6 Å². The molecule has 0 unspecified atom stereocenters. The van der Waals surface area contributed by atoms with Crippen LogP contribution in [0.1, 0.15) is 23.7 Å². The molecule has 11 heteroatoms. The zero-order chi connectivity index (χ0) is 23.9. The molecule has 2 amide bonds. The summed E-state index contributed by atoms with van der Waals surface area (Å²) in [7, 11) is 0. The van der Waals surface area contributed by atoms with Crippen LogP contribution in [0.5, 0.6) is 0 Å². The summed E-state index contributed by atoms with van der Waals surface area (Å²) >= 11 is 4.79. The lowest BCUT2D eigenvalue weighted by atomic mass is 9.79. The molecule has 1 N–H and O–H groups in total. The maximum Gasteiger partial charge on any atom is 0.410 e. The zero-order valence-corrected chi connectivity index (χ0v) is 20.9. The highest BCUT2D eigenvalue weighted by Crippen LogP contribution is 2.52. The van der Waals surface area contributed by atoms with Crippen LogP contribution in [-0.2, 0) is 11.3 Å². The minimum absolute atomic E-state index is 0.0745. The average molecular weight is 549 g/mol. The number of pyridine rings is 1. The van der Waals surface area contributed by atoms with Gasteiger partial charge in [-0.15, -0.1) is 11.8 Å². The highest BCUT2D eigenvalue weighted by atomic mass is 79.9. The number of hydrogen-bond donors (Lipinski definition) is 1. The van der Waals surface area contributed by atoms with Crippen molar-refractivity contribution < 1.29 is 23.8 Å². The Morgan fingerprint density at radius 2 is 2.18 bits per heavy atom. The van der Waals surface area contributed by atoms with Crippen molar-refractivity contribution in [2.24, 2.45) is 5.92 Å². The standard InChI is InChI=1S/C23H22BrFN4O4S/c1-10-5-13-18(17(25)16(10)24)26-21(34-2)14-7-12(9-27-3-4-33-23(27)32)29(20(13)14)19-11-6-15(19)28(8-11)22(30)31/h5,7,11,15,19H,3-4,6,8-9H2,1-2H3,(H,30,31)/t11-,15-,19+/m1/s1. The molecule has 1 saturated carbocycles. The predicted molar refractivity (Wildman–Crippen MR) is 129 cm³/mol. The van der Waals surface area contributed by atoms with E-state index >= 15 is 4.39 Å². The summed E-state index contributed by atoms with van der Waals surface area (Å²) in [6.07, 6.45) is 1.43. The number of halogens is 2. The molecule has 8 nitrogen and oxygen atoms in total. The van der Waals surface area contributed by atoms with Gasteiger partial charge in [-0.05, 0) is 53.2 Å². The predicted octanol–water partition coefficient (Wildman–Crippen LogP) is 5.00. The van der Waals surface area contributed by atoms with Gasteiger partial charge in [-0.3, -0.25) is 4.90 Å². The molecule has 3 aromatic rings. The number of aryl methyl sites for hydroxylation is 1. The van der Waals surface area contributed by atoms with Gasteiger partial charge in [0.05, 0.1) is 35.2 Å². The molecule has 2 aromatic heterocycles. The summed E-state index contributed by atoms with van der Waals surface area (Å²) in [5.74, 6) is -0.239. The SMILES string of the molecule is CSc1nc2c(F)c(Br)c(C)cc2c2c1cc(CN1CCOC1=O)n2[C@H]1[C@@H]2C[C@H]1N(C(=O)O)C2. The number of benzene rings is 1. The van der Waals surface area contributed by atoms with E-state index in [2.05, 4.69) is 25.5 Å². The van der Waals surface area contributed by atoms with Crippen LogP contribution < -0.4 is 0 Å². The first kappa shape index (κ1) is 22.0. The van der Waals surface area contributed by atoms with Crippen LogP contribution in [0, 0.1) is 18.7 Å². The van der Waals surface area contributed by atoms with Crippen molar-refractivity contribution in [2.75, 3.05) is 26.0 Å². The number of carbonyl (C=O) groups excluding carboxylic acids is 1.